The molecule has 1 aromatic carbocycles. The number of hydrogen-bond acceptors (Lipinski definition) is 5. The summed E-state index contributed by atoms with van der Waals surface area (Å²) >= 11 is 1.60. The van der Waals surface area contributed by atoms with E-state index in [0.29, 0.717) is 13.1 Å². The van der Waals surface area contributed by atoms with Crippen molar-refractivity contribution >= 4 is 39.4 Å². The first-order chi connectivity index (χ1) is 12.3. The Labute approximate surface area is 150 Å². The summed E-state index contributed by atoms with van der Waals surface area (Å²) in [6, 6.07) is 13.9. The van der Waals surface area contributed by atoms with Crippen LogP contribution in [0.4, 0.5) is 5.82 Å². The highest BCUT2D eigenvalue weighted by Gasteiger charge is 2.20. The van der Waals surface area contributed by atoms with Crippen molar-refractivity contribution in [1.82, 2.24) is 14.9 Å². The van der Waals surface area contributed by atoms with Crippen molar-refractivity contribution in [2.24, 2.45) is 0 Å². The lowest BCUT2D eigenvalue weighted by molar-refractivity contribution is -0.126. The Balaban J connectivity index is 1.37. The average molecular weight is 350 g/mol. The SMILES string of the molecule is O=C(C=Cc1nc2ccccc2s1)N1CCN(c2ccccn2)CC1. The number of piperazine rings is 1. The molecule has 1 aliphatic rings. The highest BCUT2D eigenvalue weighted by Crippen LogP contribution is 2.22. The Morgan fingerprint density at radius 1 is 1.04 bits per heavy atom. The fraction of sp³-hybridized carbons (Fsp3) is 0.211. The van der Waals surface area contributed by atoms with Crippen molar-refractivity contribution in [3.63, 3.8) is 0 Å². The Morgan fingerprint density at radius 2 is 1.84 bits per heavy atom. The number of anilines is 1. The van der Waals surface area contributed by atoms with Crippen molar-refractivity contribution in [2.45, 2.75) is 0 Å². The number of benzene rings is 1. The second-order valence-electron chi connectivity index (χ2n) is 5.85. The van der Waals surface area contributed by atoms with Gasteiger partial charge in [-0.3, -0.25) is 4.79 Å². The minimum absolute atomic E-state index is 0.0416. The zero-order chi connectivity index (χ0) is 17.1. The normalized spacial score (nSPS) is 15.2. The second-order valence-corrected chi connectivity index (χ2v) is 6.92. The van der Waals surface area contributed by atoms with E-state index in [2.05, 4.69) is 14.9 Å². The molecular formula is C19H18N4OS. The summed E-state index contributed by atoms with van der Waals surface area (Å²) in [5.41, 5.74) is 0.976. The molecule has 3 aromatic rings. The fourth-order valence-corrected chi connectivity index (χ4v) is 3.78. The number of carbonyl (C=O) groups is 1. The van der Waals surface area contributed by atoms with Gasteiger partial charge in [0.1, 0.15) is 10.8 Å². The van der Waals surface area contributed by atoms with Crippen LogP contribution in [-0.2, 0) is 4.79 Å². The molecule has 3 heterocycles. The predicted octanol–water partition coefficient (Wildman–Crippen LogP) is 3.05. The van der Waals surface area contributed by atoms with Crippen molar-refractivity contribution in [3.05, 3.63) is 59.7 Å². The molecule has 1 fully saturated rings. The predicted molar refractivity (Wildman–Crippen MR) is 102 cm³/mol. The quantitative estimate of drug-likeness (QED) is 0.681. The maximum absolute atomic E-state index is 12.4. The number of amides is 1. The molecule has 4 rings (SSSR count). The van der Waals surface area contributed by atoms with Gasteiger partial charge in [0.05, 0.1) is 10.2 Å². The molecule has 6 heteroatoms. The molecule has 0 bridgehead atoms. The molecule has 0 N–H and O–H groups in total. The zero-order valence-corrected chi connectivity index (χ0v) is 14.5. The zero-order valence-electron chi connectivity index (χ0n) is 13.7. The highest BCUT2D eigenvalue weighted by molar-refractivity contribution is 7.19. The lowest BCUT2D eigenvalue weighted by Crippen LogP contribution is -2.48. The number of aromatic nitrogens is 2. The largest absolute Gasteiger partial charge is 0.353 e. The monoisotopic (exact) mass is 350 g/mol. The first kappa shape index (κ1) is 15.8. The Kier molecular flexibility index (Phi) is 4.43. The van der Waals surface area contributed by atoms with Crippen molar-refractivity contribution in [1.29, 1.82) is 0 Å². The minimum atomic E-state index is 0.0416. The standard InChI is InChI=1S/C19H18N4OS/c24-19(9-8-18-21-15-5-1-2-6-16(15)25-18)23-13-11-22(12-14-23)17-7-3-4-10-20-17/h1-10H,11-14H2. The smallest absolute Gasteiger partial charge is 0.246 e. The van der Waals surface area contributed by atoms with Crippen LogP contribution in [-0.4, -0.2) is 47.0 Å². The summed E-state index contributed by atoms with van der Waals surface area (Å²) in [6.45, 7) is 3.02. The number of rotatable bonds is 3. The summed E-state index contributed by atoms with van der Waals surface area (Å²) in [7, 11) is 0. The molecule has 126 valence electrons. The summed E-state index contributed by atoms with van der Waals surface area (Å²) in [5, 5.41) is 0.863. The molecule has 0 radical (unpaired) electrons. The van der Waals surface area contributed by atoms with Crippen molar-refractivity contribution < 1.29 is 4.79 Å². The Morgan fingerprint density at radius 3 is 2.60 bits per heavy atom. The number of hydrogen-bond donors (Lipinski definition) is 0. The summed E-state index contributed by atoms with van der Waals surface area (Å²) in [4.78, 5) is 25.4. The van der Waals surface area contributed by atoms with Gasteiger partial charge in [0.2, 0.25) is 5.91 Å². The third-order valence-corrected chi connectivity index (χ3v) is 5.25. The van der Waals surface area contributed by atoms with E-state index in [1.165, 1.54) is 0 Å². The van der Waals surface area contributed by atoms with Gasteiger partial charge in [0.15, 0.2) is 0 Å². The maximum atomic E-state index is 12.4. The van der Waals surface area contributed by atoms with Gasteiger partial charge in [0, 0.05) is 38.5 Å². The van der Waals surface area contributed by atoms with Gasteiger partial charge < -0.3 is 9.80 Å². The molecule has 1 saturated heterocycles. The lowest BCUT2D eigenvalue weighted by Gasteiger charge is -2.34. The number of thiazole rings is 1. The molecule has 1 aliphatic heterocycles. The molecule has 1 amide bonds. The molecular weight excluding hydrogens is 332 g/mol. The van der Waals surface area contributed by atoms with E-state index in [-0.39, 0.29) is 5.91 Å². The van der Waals surface area contributed by atoms with Crippen LogP contribution in [0.15, 0.2) is 54.7 Å². The first-order valence-electron chi connectivity index (χ1n) is 8.28. The maximum Gasteiger partial charge on any atom is 0.246 e. The van der Waals surface area contributed by atoms with Crippen LogP contribution >= 0.6 is 11.3 Å². The van der Waals surface area contributed by atoms with E-state index < -0.39 is 0 Å². The number of para-hydroxylation sites is 1. The van der Waals surface area contributed by atoms with Crippen LogP contribution in [0.5, 0.6) is 0 Å². The van der Waals surface area contributed by atoms with Crippen LogP contribution in [0.25, 0.3) is 16.3 Å². The average Bonchev–Trinajstić information content (AvgIpc) is 3.10. The van der Waals surface area contributed by atoms with E-state index in [4.69, 9.17) is 0 Å². The van der Waals surface area contributed by atoms with E-state index in [1.54, 1.807) is 23.6 Å². The summed E-state index contributed by atoms with van der Waals surface area (Å²) in [5.74, 6) is 1.01. The van der Waals surface area contributed by atoms with Gasteiger partial charge >= 0.3 is 0 Å². The van der Waals surface area contributed by atoms with Gasteiger partial charge in [-0.1, -0.05) is 18.2 Å². The summed E-state index contributed by atoms with van der Waals surface area (Å²) < 4.78 is 1.14. The molecule has 0 atom stereocenters. The van der Waals surface area contributed by atoms with Gasteiger partial charge in [-0.2, -0.15) is 0 Å². The van der Waals surface area contributed by atoms with Crippen LogP contribution < -0.4 is 4.90 Å². The fourth-order valence-electron chi connectivity index (χ4n) is 2.91. The molecule has 5 nitrogen and oxygen atoms in total. The van der Waals surface area contributed by atoms with Gasteiger partial charge in [0.25, 0.3) is 0 Å². The first-order valence-corrected chi connectivity index (χ1v) is 9.10. The Hall–Kier alpha value is -2.73. The van der Waals surface area contributed by atoms with E-state index >= 15 is 0 Å². The van der Waals surface area contributed by atoms with E-state index in [0.717, 1.165) is 34.1 Å². The molecule has 0 aliphatic carbocycles. The second kappa shape index (κ2) is 7.03. The van der Waals surface area contributed by atoms with Crippen LogP contribution in [0, 0.1) is 0 Å². The topological polar surface area (TPSA) is 49.3 Å². The van der Waals surface area contributed by atoms with Gasteiger partial charge in [-0.05, 0) is 30.3 Å². The van der Waals surface area contributed by atoms with Gasteiger partial charge in [-0.15, -0.1) is 11.3 Å². The summed E-state index contributed by atoms with van der Waals surface area (Å²) in [6.07, 6.45) is 5.25. The molecule has 2 aromatic heterocycles. The minimum Gasteiger partial charge on any atom is -0.353 e. The molecule has 0 saturated carbocycles. The number of fused-ring (bicyclic) bond motifs is 1. The van der Waals surface area contributed by atoms with Crippen LogP contribution in [0.2, 0.25) is 0 Å². The van der Waals surface area contributed by atoms with Crippen molar-refractivity contribution in [3.8, 4) is 0 Å². The van der Waals surface area contributed by atoms with E-state index in [1.807, 2.05) is 53.4 Å². The lowest BCUT2D eigenvalue weighted by atomic mass is 10.3. The number of carbonyl (C=O) groups excluding carboxylic acids is 1. The van der Waals surface area contributed by atoms with Gasteiger partial charge in [-0.25, -0.2) is 9.97 Å². The molecule has 0 spiro atoms. The highest BCUT2D eigenvalue weighted by atomic mass is 32.1. The third-order valence-electron chi connectivity index (χ3n) is 4.24. The molecule has 0 unspecified atom stereocenters. The number of pyridine rings is 1. The van der Waals surface area contributed by atoms with E-state index in [9.17, 15) is 4.79 Å². The molecule has 25 heavy (non-hydrogen) atoms. The van der Waals surface area contributed by atoms with Crippen LogP contribution in [0.1, 0.15) is 5.01 Å². The third kappa shape index (κ3) is 3.53. The Bertz CT molecular complexity index is 865. The number of nitrogens with zero attached hydrogens (tertiary/aromatic N) is 4. The van der Waals surface area contributed by atoms with Crippen LogP contribution in [0.3, 0.4) is 0 Å². The van der Waals surface area contributed by atoms with Crippen molar-refractivity contribution in [2.75, 3.05) is 31.1 Å².